The molecular formula is C47H78O9. The van der Waals surface area contributed by atoms with Crippen LogP contribution < -0.4 is 0 Å². The van der Waals surface area contributed by atoms with Crippen LogP contribution in [-0.2, 0) is 33.6 Å². The Morgan fingerprint density at radius 1 is 0.768 bits per heavy atom. The minimum absolute atomic E-state index is 0.0230. The molecule has 0 radical (unpaired) electrons. The van der Waals surface area contributed by atoms with Crippen LogP contribution in [-0.4, -0.2) is 60.1 Å². The van der Waals surface area contributed by atoms with E-state index in [0.717, 1.165) is 76.5 Å². The molecule has 0 saturated heterocycles. The van der Waals surface area contributed by atoms with Crippen LogP contribution >= 0.6 is 0 Å². The summed E-state index contributed by atoms with van der Waals surface area (Å²) >= 11 is 0. The van der Waals surface area contributed by atoms with Gasteiger partial charge in [-0.25, -0.2) is 9.78 Å². The summed E-state index contributed by atoms with van der Waals surface area (Å²) in [6.45, 7) is 9.03. The first-order valence-corrected chi connectivity index (χ1v) is 22.8. The average molecular weight is 787 g/mol. The molecule has 4 aliphatic carbocycles. The molecule has 0 spiro atoms. The maximum absolute atomic E-state index is 12.8. The lowest BCUT2D eigenvalue weighted by molar-refractivity contribution is -0.331. The predicted octanol–water partition coefficient (Wildman–Crippen LogP) is 11.9. The monoisotopic (exact) mass is 787 g/mol. The predicted molar refractivity (Wildman–Crippen MR) is 221 cm³/mol. The number of carbonyl (C=O) groups excluding carboxylic acids is 2. The van der Waals surface area contributed by atoms with E-state index in [2.05, 4.69) is 67.9 Å². The Kier molecular flexibility index (Phi) is 20.6. The van der Waals surface area contributed by atoms with Crippen LogP contribution in [0.4, 0.5) is 0 Å². The number of hydrogen-bond acceptors (Lipinski definition) is 9. The van der Waals surface area contributed by atoms with Gasteiger partial charge in [-0.2, -0.15) is 0 Å². The Balaban J connectivity index is 1.24. The van der Waals surface area contributed by atoms with Crippen LogP contribution in [0.1, 0.15) is 182 Å². The summed E-state index contributed by atoms with van der Waals surface area (Å²) in [6, 6.07) is 0. The third kappa shape index (κ3) is 13.8. The Bertz CT molecular complexity index is 1250. The van der Waals surface area contributed by atoms with Gasteiger partial charge in [0.15, 0.2) is 6.10 Å². The number of hydrogen-bond donors (Lipinski definition) is 2. The Morgan fingerprint density at radius 3 is 2.14 bits per heavy atom. The molecule has 0 aromatic rings. The summed E-state index contributed by atoms with van der Waals surface area (Å²) in [5, 5.41) is 17.2. The van der Waals surface area contributed by atoms with Gasteiger partial charge in [0.2, 0.25) is 0 Å². The highest BCUT2D eigenvalue weighted by atomic mass is 17.1. The second-order valence-corrected chi connectivity index (χ2v) is 18.0. The van der Waals surface area contributed by atoms with E-state index >= 15 is 0 Å². The van der Waals surface area contributed by atoms with Crippen molar-refractivity contribution in [3.05, 3.63) is 36.0 Å². The normalized spacial score (nSPS) is 29.8. The van der Waals surface area contributed by atoms with Crippen LogP contribution in [0.25, 0.3) is 0 Å². The molecular weight excluding hydrogens is 709 g/mol. The number of esters is 2. The van der Waals surface area contributed by atoms with Crippen molar-refractivity contribution < 1.29 is 44.1 Å². The van der Waals surface area contributed by atoms with E-state index in [4.69, 9.17) is 24.7 Å². The molecule has 3 unspecified atom stereocenters. The van der Waals surface area contributed by atoms with Crippen molar-refractivity contribution in [1.29, 1.82) is 0 Å². The Morgan fingerprint density at radius 2 is 1.43 bits per heavy atom. The van der Waals surface area contributed by atoms with Gasteiger partial charge in [-0.1, -0.05) is 115 Å². The minimum atomic E-state index is -0.903. The van der Waals surface area contributed by atoms with Crippen LogP contribution in [0.2, 0.25) is 0 Å². The lowest BCUT2D eigenvalue weighted by Crippen LogP contribution is -2.52. The van der Waals surface area contributed by atoms with E-state index in [-0.39, 0.29) is 54.3 Å². The molecule has 0 aromatic heterocycles. The molecule has 3 saturated carbocycles. The number of allylic oxidation sites excluding steroid dienone is 3. The fraction of sp³-hybridized carbons (Fsp3) is 0.830. The molecule has 56 heavy (non-hydrogen) atoms. The summed E-state index contributed by atoms with van der Waals surface area (Å²) in [6.07, 6.45) is 36.4. The van der Waals surface area contributed by atoms with Crippen LogP contribution in [0.3, 0.4) is 0 Å². The van der Waals surface area contributed by atoms with Crippen molar-refractivity contribution in [2.45, 2.75) is 206 Å². The van der Waals surface area contributed by atoms with Crippen molar-refractivity contribution >= 4 is 11.9 Å². The molecule has 0 bridgehead atoms. The number of rotatable bonds is 27. The van der Waals surface area contributed by atoms with E-state index in [9.17, 15) is 9.59 Å². The topological polar surface area (TPSA) is 121 Å². The fourth-order valence-corrected chi connectivity index (χ4v) is 10.7. The molecule has 320 valence electrons. The molecule has 0 aliphatic heterocycles. The highest BCUT2D eigenvalue weighted by Crippen LogP contribution is 2.66. The molecule has 0 heterocycles. The summed E-state index contributed by atoms with van der Waals surface area (Å²) < 4.78 is 18.2. The van der Waals surface area contributed by atoms with Crippen molar-refractivity contribution in [2.75, 3.05) is 13.2 Å². The molecule has 9 atom stereocenters. The number of unbranched alkanes of at least 4 members (excludes halogenated alkanes) is 11. The van der Waals surface area contributed by atoms with Gasteiger partial charge in [-0.3, -0.25) is 20.1 Å². The van der Waals surface area contributed by atoms with E-state index < -0.39 is 6.10 Å². The molecule has 0 aromatic carbocycles. The Hall–Kier alpha value is -2.04. The van der Waals surface area contributed by atoms with Gasteiger partial charge in [-0.05, 0) is 113 Å². The third-order valence-corrected chi connectivity index (χ3v) is 14.0. The van der Waals surface area contributed by atoms with Gasteiger partial charge in [0, 0.05) is 18.3 Å². The van der Waals surface area contributed by atoms with Crippen LogP contribution in [0.5, 0.6) is 0 Å². The zero-order chi connectivity index (χ0) is 40.2. The number of ether oxygens (including phenoxy) is 3. The molecule has 4 rings (SSSR count). The standard InChI is InChI=1S/C47H78O9/c1-5-7-9-14-17-21-37(22-18-15-12-11-13-16-20-23-44(48)52-34-39(56-51)35-53-50)54-38-29-31-46(3)36(33-38)25-26-40-41-27-28-43(47(41,4)32-30-42(40)46)55-45(49)24-19-10-8-6-2/h17-18,21-22,33,37-43,50-51H,5-16,19-20,23-32,34-35H2,1-4H3/b21-17-,22-18-/t37?,38?,39?,40-,41-,42-,43-,46-,47-/m0/s1. The van der Waals surface area contributed by atoms with E-state index in [1.54, 1.807) is 5.57 Å². The van der Waals surface area contributed by atoms with E-state index in [0.29, 0.717) is 24.7 Å². The zero-order valence-corrected chi connectivity index (χ0v) is 35.6. The SMILES string of the molecule is CCCCC/C=C\C(/C=C\CCCCCCCC(=O)OCC(COO)OO)OC1C=C2CC[C@H]3[C@@H]4CC[C@H](OC(=O)CCCCCC)[C@@]4(C)CC[C@@H]3[C@@]2(C)CC1. The first kappa shape index (κ1) is 46.6. The van der Waals surface area contributed by atoms with Crippen LogP contribution in [0, 0.1) is 28.6 Å². The third-order valence-electron chi connectivity index (χ3n) is 14.0. The molecule has 3 fully saturated rings. The molecule has 9 heteroatoms. The summed E-state index contributed by atoms with van der Waals surface area (Å²) in [7, 11) is 0. The summed E-state index contributed by atoms with van der Waals surface area (Å²) in [4.78, 5) is 32.8. The molecule has 4 aliphatic rings. The second-order valence-electron chi connectivity index (χ2n) is 18.0. The average Bonchev–Trinajstić information content (AvgIpc) is 3.52. The van der Waals surface area contributed by atoms with E-state index in [1.165, 1.54) is 70.6 Å². The molecule has 0 amide bonds. The summed E-state index contributed by atoms with van der Waals surface area (Å²) in [5.74, 6) is 1.77. The first-order chi connectivity index (χ1) is 27.2. The van der Waals surface area contributed by atoms with Gasteiger partial charge < -0.3 is 14.2 Å². The highest BCUT2D eigenvalue weighted by molar-refractivity contribution is 5.69. The molecule has 9 nitrogen and oxygen atoms in total. The van der Waals surface area contributed by atoms with E-state index in [1.807, 2.05) is 0 Å². The van der Waals surface area contributed by atoms with Gasteiger partial charge in [0.1, 0.15) is 19.3 Å². The quantitative estimate of drug-likeness (QED) is 0.0275. The van der Waals surface area contributed by atoms with Crippen molar-refractivity contribution in [3.8, 4) is 0 Å². The summed E-state index contributed by atoms with van der Waals surface area (Å²) in [5.41, 5.74) is 2.00. The van der Waals surface area contributed by atoms with Crippen molar-refractivity contribution in [3.63, 3.8) is 0 Å². The lowest BCUT2D eigenvalue weighted by atomic mass is 9.47. The van der Waals surface area contributed by atoms with Gasteiger partial charge in [0.05, 0.1) is 12.2 Å². The van der Waals surface area contributed by atoms with Crippen molar-refractivity contribution in [2.24, 2.45) is 28.6 Å². The zero-order valence-electron chi connectivity index (χ0n) is 35.6. The lowest BCUT2D eigenvalue weighted by Gasteiger charge is -2.58. The first-order valence-electron chi connectivity index (χ1n) is 22.8. The minimum Gasteiger partial charge on any atom is -0.463 e. The van der Waals surface area contributed by atoms with Gasteiger partial charge >= 0.3 is 11.9 Å². The maximum atomic E-state index is 12.8. The number of fused-ring (bicyclic) bond motifs is 5. The smallest absolute Gasteiger partial charge is 0.306 e. The maximum Gasteiger partial charge on any atom is 0.306 e. The largest absolute Gasteiger partial charge is 0.463 e. The second kappa shape index (κ2) is 24.8. The van der Waals surface area contributed by atoms with Crippen LogP contribution in [0.15, 0.2) is 36.0 Å². The van der Waals surface area contributed by atoms with Gasteiger partial charge in [-0.15, -0.1) is 0 Å². The number of carbonyl (C=O) groups is 2. The molecule has 2 N–H and O–H groups in total. The van der Waals surface area contributed by atoms with Gasteiger partial charge in [0.25, 0.3) is 0 Å². The van der Waals surface area contributed by atoms with Crippen molar-refractivity contribution in [1.82, 2.24) is 0 Å². The Labute approximate surface area is 339 Å². The highest BCUT2D eigenvalue weighted by Gasteiger charge is 2.60. The fourth-order valence-electron chi connectivity index (χ4n) is 10.7.